The van der Waals surface area contributed by atoms with E-state index in [-0.39, 0.29) is 0 Å². The molecule has 0 bridgehead atoms. The van der Waals surface area contributed by atoms with E-state index in [1.54, 1.807) is 0 Å². The number of anilines is 1. The van der Waals surface area contributed by atoms with Crippen LogP contribution in [0.5, 0.6) is 0 Å². The number of nitrogens with one attached hydrogen (secondary N) is 1. The van der Waals surface area contributed by atoms with E-state index in [1.165, 1.54) is 0 Å². The molecule has 3 rings (SSSR count). The van der Waals surface area contributed by atoms with Gasteiger partial charge in [-0.3, -0.25) is 0 Å². The summed E-state index contributed by atoms with van der Waals surface area (Å²) < 4.78 is 32.5. The Hall–Kier alpha value is -0.954. The van der Waals surface area contributed by atoms with Crippen LogP contribution in [0.15, 0.2) is 48.5 Å². The molecule has 0 atom stereocenters. The van der Waals surface area contributed by atoms with Gasteiger partial charge in [-0.15, -0.1) is 0 Å². The van der Waals surface area contributed by atoms with Crippen molar-refractivity contribution in [1.29, 1.82) is 0 Å². The Bertz CT molecular complexity index is 730. The van der Waals surface area contributed by atoms with Crippen LogP contribution < -0.4 is 6.44 Å². The van der Waals surface area contributed by atoms with Gasteiger partial charge in [-0.05, 0) is 0 Å². The molecule has 1 radical (unpaired) electrons. The molecule has 0 saturated carbocycles. The summed E-state index contributed by atoms with van der Waals surface area (Å²) in [5, 5.41) is 0. The van der Waals surface area contributed by atoms with E-state index < -0.39 is 32.9 Å². The Morgan fingerprint density at radius 3 is 2.37 bits per heavy atom. The summed E-state index contributed by atoms with van der Waals surface area (Å²) >= 11 is -2.84. The van der Waals surface area contributed by atoms with Gasteiger partial charge < -0.3 is 0 Å². The molecule has 2 aromatic carbocycles. The summed E-state index contributed by atoms with van der Waals surface area (Å²) in [6.07, 6.45) is 1.10. The van der Waals surface area contributed by atoms with Crippen molar-refractivity contribution in [2.75, 3.05) is 9.47 Å². The van der Waals surface area contributed by atoms with E-state index in [0.717, 1.165) is 26.3 Å². The fourth-order valence-corrected chi connectivity index (χ4v) is 10.6. The van der Waals surface area contributed by atoms with Crippen molar-refractivity contribution in [3.05, 3.63) is 48.5 Å². The number of hydrogen-bond acceptors (Lipinski definition) is 4. The Morgan fingerprint density at radius 2 is 1.63 bits per heavy atom. The third-order valence-corrected chi connectivity index (χ3v) is 12.1. The molecule has 1 N–H and O–H groups in total. The predicted octanol–water partition coefficient (Wildman–Crippen LogP) is 1.45. The predicted molar refractivity (Wildman–Crippen MR) is 76.8 cm³/mol. The second-order valence-corrected chi connectivity index (χ2v) is 11.9. The van der Waals surface area contributed by atoms with Crippen LogP contribution in [0, 0.1) is 0 Å². The van der Waals surface area contributed by atoms with Gasteiger partial charge in [-0.2, -0.15) is 0 Å². The van der Waals surface area contributed by atoms with E-state index in [0.29, 0.717) is 0 Å². The summed E-state index contributed by atoms with van der Waals surface area (Å²) in [6.45, 7) is 0. The minimum atomic E-state index is -3.45. The number of para-hydroxylation sites is 1. The molecule has 99 valence electrons. The Morgan fingerprint density at radius 1 is 1.00 bits per heavy atom. The van der Waals surface area contributed by atoms with Crippen LogP contribution in [0.2, 0.25) is 0 Å². The first kappa shape index (κ1) is 13.0. The zero-order valence-corrected chi connectivity index (χ0v) is 14.2. The van der Waals surface area contributed by atoms with Gasteiger partial charge in [-0.1, -0.05) is 0 Å². The number of hydrogen-bond donors (Lipinski definition) is 1. The van der Waals surface area contributed by atoms with Crippen LogP contribution in [-0.2, 0) is 12.3 Å². The molecular formula is C13H12NO3PoS. The fourth-order valence-electron chi connectivity index (χ4n) is 1.99. The molecule has 0 fully saturated rings. The van der Waals surface area contributed by atoms with Gasteiger partial charge in [0.25, 0.3) is 0 Å². The first-order valence-electron chi connectivity index (χ1n) is 5.64. The molecule has 19 heavy (non-hydrogen) atoms. The molecule has 1 heterocycles. The van der Waals surface area contributed by atoms with Crippen molar-refractivity contribution in [1.82, 2.24) is 0 Å². The van der Waals surface area contributed by atoms with Crippen molar-refractivity contribution >= 4 is 41.8 Å². The van der Waals surface area contributed by atoms with Crippen LogP contribution in [-0.4, -0.2) is 37.5 Å². The van der Waals surface area contributed by atoms with Crippen molar-refractivity contribution in [2.45, 2.75) is 0 Å². The van der Waals surface area contributed by atoms with Gasteiger partial charge in [0.15, 0.2) is 0 Å². The molecule has 0 saturated heterocycles. The SMILES string of the molecule is CS(=O)(=O)[O][Po]1[NH]c2ccccc2-c2cccc[c]21. The third-order valence-electron chi connectivity index (χ3n) is 2.70. The van der Waals surface area contributed by atoms with E-state index >= 15 is 0 Å². The first-order chi connectivity index (χ1) is 9.04. The zero-order valence-electron chi connectivity index (χ0n) is 10.2. The average molecular weight is 471 g/mol. The Kier molecular flexibility index (Phi) is 3.34. The first-order valence-corrected chi connectivity index (χ1v) is 11.9. The zero-order chi connectivity index (χ0) is 13.5. The summed E-state index contributed by atoms with van der Waals surface area (Å²) in [4.78, 5) is 0. The van der Waals surface area contributed by atoms with Crippen LogP contribution in [0.3, 0.4) is 0 Å². The summed E-state index contributed by atoms with van der Waals surface area (Å²) in [6, 6.07) is 15.7. The van der Waals surface area contributed by atoms with E-state index in [1.807, 2.05) is 48.5 Å². The molecule has 6 heteroatoms. The van der Waals surface area contributed by atoms with Gasteiger partial charge in [0, 0.05) is 0 Å². The van der Waals surface area contributed by atoms with Crippen molar-refractivity contribution in [3.63, 3.8) is 0 Å². The molecule has 1 aliphatic rings. The van der Waals surface area contributed by atoms with Crippen molar-refractivity contribution < 1.29 is 10.6 Å². The average Bonchev–Trinajstić information content (AvgIpc) is 2.37. The maximum atomic E-state index is 11.4. The molecule has 0 unspecified atom stereocenters. The quantitative estimate of drug-likeness (QED) is 0.721. The molecule has 0 aliphatic carbocycles. The molecular weight excluding hydrogens is 459 g/mol. The van der Waals surface area contributed by atoms with Crippen LogP contribution >= 0.6 is 0 Å². The van der Waals surface area contributed by atoms with Crippen molar-refractivity contribution in [2.24, 2.45) is 0 Å². The number of benzene rings is 2. The molecule has 2 aromatic rings. The van der Waals surface area contributed by atoms with Gasteiger partial charge in [0.05, 0.1) is 0 Å². The molecule has 4 nitrogen and oxygen atoms in total. The number of fused-ring (bicyclic) bond motifs is 3. The Balaban J connectivity index is 2.14. The number of rotatable bonds is 2. The summed E-state index contributed by atoms with van der Waals surface area (Å²) in [5.74, 6) is 0. The molecule has 0 aromatic heterocycles. The minimum absolute atomic E-state index is 0.957. The van der Waals surface area contributed by atoms with E-state index in [9.17, 15) is 8.42 Å². The monoisotopic (exact) mass is 471 g/mol. The molecule has 0 spiro atoms. The fraction of sp³-hybridized carbons (Fsp3) is 0.0769. The molecule has 1 aliphatic heterocycles. The van der Waals surface area contributed by atoms with Gasteiger partial charge in [0.1, 0.15) is 0 Å². The normalized spacial score (nSPS) is 14.4. The summed E-state index contributed by atoms with van der Waals surface area (Å²) in [5.41, 5.74) is 3.13. The summed E-state index contributed by atoms with van der Waals surface area (Å²) in [7, 11) is -3.45. The van der Waals surface area contributed by atoms with Crippen LogP contribution in [0.1, 0.15) is 0 Å². The molecule has 0 amide bonds. The van der Waals surface area contributed by atoms with Gasteiger partial charge in [0.2, 0.25) is 0 Å². The van der Waals surface area contributed by atoms with E-state index in [4.69, 9.17) is 2.22 Å². The van der Waals surface area contributed by atoms with E-state index in [2.05, 4.69) is 3.22 Å². The van der Waals surface area contributed by atoms with Crippen molar-refractivity contribution in [3.8, 4) is 11.1 Å². The van der Waals surface area contributed by atoms with Gasteiger partial charge >= 0.3 is 122 Å². The standard InChI is InChI=1S/C12H9N.CH4O3S.Po/c13-12-9-5-4-8-11(12)10-6-2-1-3-7-10;1-5(2,3)4;/h1-6,8-9,13H;1H3,(H,2,3,4);/q-1;;+2/p-1. The second-order valence-electron chi connectivity index (χ2n) is 4.18. The van der Waals surface area contributed by atoms with Crippen LogP contribution in [0.4, 0.5) is 5.69 Å². The third kappa shape index (κ3) is 2.67. The second kappa shape index (κ2) is 4.86. The van der Waals surface area contributed by atoms with Crippen LogP contribution in [0.25, 0.3) is 11.1 Å². The topological polar surface area (TPSA) is 55.4 Å². The van der Waals surface area contributed by atoms with Gasteiger partial charge in [-0.25, -0.2) is 0 Å². The Labute approximate surface area is 121 Å². The maximum absolute atomic E-state index is 11.4.